The summed E-state index contributed by atoms with van der Waals surface area (Å²) in [5, 5.41) is 11.8. The van der Waals surface area contributed by atoms with Gasteiger partial charge < -0.3 is 19.7 Å². The van der Waals surface area contributed by atoms with E-state index in [1.54, 1.807) is 0 Å². The Kier molecular flexibility index (Phi) is 4.42. The van der Waals surface area contributed by atoms with Gasteiger partial charge in [-0.05, 0) is 63.6 Å². The first-order valence-electron chi connectivity index (χ1n) is 10.3. The van der Waals surface area contributed by atoms with Crippen LogP contribution in [-0.4, -0.2) is 50.3 Å². The lowest BCUT2D eigenvalue weighted by atomic mass is 9.78. The van der Waals surface area contributed by atoms with Crippen molar-refractivity contribution in [3.8, 4) is 5.75 Å². The molecule has 0 amide bonds. The molecule has 2 N–H and O–H groups in total. The number of ether oxygens (including phenoxy) is 1. The summed E-state index contributed by atoms with van der Waals surface area (Å²) in [5.74, 6) is 3.47. The Bertz CT molecular complexity index is 1050. The van der Waals surface area contributed by atoms with Crippen molar-refractivity contribution in [2.24, 2.45) is 11.8 Å². The summed E-state index contributed by atoms with van der Waals surface area (Å²) in [7, 11) is 0. The maximum atomic E-state index is 10.8. The van der Waals surface area contributed by atoms with E-state index in [2.05, 4.69) is 19.9 Å². The first-order valence-corrected chi connectivity index (χ1v) is 10.3. The molecule has 4 atom stereocenters. The average molecular weight is 393 g/mol. The molecule has 0 spiro atoms. The lowest BCUT2D eigenvalue weighted by Gasteiger charge is -2.35. The molecule has 5 rings (SSSR count). The van der Waals surface area contributed by atoms with Gasteiger partial charge in [-0.1, -0.05) is 0 Å². The molecule has 3 aromatic heterocycles. The molecule has 7 heteroatoms. The van der Waals surface area contributed by atoms with Crippen molar-refractivity contribution in [1.82, 2.24) is 19.9 Å². The van der Waals surface area contributed by atoms with E-state index in [0.717, 1.165) is 65.7 Å². The zero-order valence-electron chi connectivity index (χ0n) is 17.1. The molecule has 2 fully saturated rings. The van der Waals surface area contributed by atoms with Gasteiger partial charge in [0.05, 0.1) is 17.2 Å². The van der Waals surface area contributed by atoms with Crippen LogP contribution < -0.4 is 9.64 Å². The summed E-state index contributed by atoms with van der Waals surface area (Å²) >= 11 is 0. The molecule has 0 aromatic carbocycles. The quantitative estimate of drug-likeness (QED) is 0.711. The van der Waals surface area contributed by atoms with Crippen molar-refractivity contribution in [3.05, 3.63) is 41.6 Å². The number of anilines is 1. The molecule has 0 radical (unpaired) electrons. The zero-order valence-corrected chi connectivity index (χ0v) is 17.1. The van der Waals surface area contributed by atoms with E-state index in [-0.39, 0.29) is 6.10 Å². The first-order chi connectivity index (χ1) is 14.0. The van der Waals surface area contributed by atoms with Crippen LogP contribution in [0.4, 0.5) is 5.82 Å². The third kappa shape index (κ3) is 3.33. The van der Waals surface area contributed by atoms with Crippen LogP contribution in [0.3, 0.4) is 0 Å². The highest BCUT2D eigenvalue weighted by atomic mass is 16.5. The molecule has 1 aliphatic carbocycles. The van der Waals surface area contributed by atoms with Crippen LogP contribution in [0.25, 0.3) is 11.0 Å². The van der Waals surface area contributed by atoms with Gasteiger partial charge in [-0.25, -0.2) is 9.97 Å². The Balaban J connectivity index is 1.35. The van der Waals surface area contributed by atoms with Crippen LogP contribution in [0.15, 0.2) is 24.4 Å². The molecule has 4 heterocycles. The molecular formula is C22H27N5O2. The molecule has 7 nitrogen and oxygen atoms in total. The highest BCUT2D eigenvalue weighted by Crippen LogP contribution is 2.40. The summed E-state index contributed by atoms with van der Waals surface area (Å²) in [6.07, 6.45) is 2.85. The maximum Gasteiger partial charge on any atom is 0.143 e. The van der Waals surface area contributed by atoms with Gasteiger partial charge in [0.25, 0.3) is 0 Å². The number of nitrogens with zero attached hydrogens (tertiary/aromatic N) is 4. The van der Waals surface area contributed by atoms with Crippen LogP contribution in [0.2, 0.25) is 0 Å². The van der Waals surface area contributed by atoms with Crippen molar-refractivity contribution in [2.75, 3.05) is 18.0 Å². The van der Waals surface area contributed by atoms with E-state index in [1.807, 2.05) is 45.2 Å². The van der Waals surface area contributed by atoms with Gasteiger partial charge in [0, 0.05) is 25.0 Å². The Morgan fingerprint density at radius 1 is 1.03 bits per heavy atom. The van der Waals surface area contributed by atoms with Crippen LogP contribution in [0, 0.1) is 32.6 Å². The second-order valence-electron chi connectivity index (χ2n) is 8.49. The molecule has 2 aliphatic rings. The van der Waals surface area contributed by atoms with Crippen LogP contribution in [-0.2, 0) is 0 Å². The van der Waals surface area contributed by atoms with E-state index in [0.29, 0.717) is 11.8 Å². The predicted octanol–water partition coefficient (Wildman–Crippen LogP) is 2.93. The number of hydrogen-bond acceptors (Lipinski definition) is 6. The van der Waals surface area contributed by atoms with Gasteiger partial charge in [-0.15, -0.1) is 0 Å². The Morgan fingerprint density at radius 2 is 1.83 bits per heavy atom. The number of H-pyrrole nitrogens is 1. The molecule has 0 unspecified atom stereocenters. The minimum atomic E-state index is -0.462. The van der Waals surface area contributed by atoms with Gasteiger partial charge >= 0.3 is 0 Å². The number of hydrogen-bond donors (Lipinski definition) is 2. The molecule has 1 aliphatic heterocycles. The molecule has 1 saturated carbocycles. The van der Waals surface area contributed by atoms with Crippen molar-refractivity contribution in [1.29, 1.82) is 0 Å². The number of pyridine rings is 1. The van der Waals surface area contributed by atoms with Crippen LogP contribution in [0.5, 0.6) is 5.75 Å². The first kappa shape index (κ1) is 18.4. The largest absolute Gasteiger partial charge is 0.486 e. The lowest BCUT2D eigenvalue weighted by Crippen LogP contribution is -2.42. The standard InChI is InChI=1S/C22H27N5O2/c1-12-4-5-19(13(2)24-12)29-20-9-16-11-27(10-15(16)8-18(20)28)22-17-6-7-23-21(17)25-14(3)26-22/h4-7,15-16,18,20,28H,8-11H2,1-3H3,(H,23,25,26)/t15-,16+,18+,20+/m0/s1. The Labute approximate surface area is 170 Å². The summed E-state index contributed by atoms with van der Waals surface area (Å²) in [6, 6.07) is 5.96. The number of aryl methyl sites for hydroxylation is 3. The number of rotatable bonds is 3. The number of nitrogens with one attached hydrogen (secondary N) is 1. The van der Waals surface area contributed by atoms with Gasteiger partial charge in [-0.2, -0.15) is 0 Å². The third-order valence-corrected chi connectivity index (χ3v) is 6.35. The molecular weight excluding hydrogens is 366 g/mol. The zero-order chi connectivity index (χ0) is 20.1. The number of aliphatic hydroxyl groups excluding tert-OH is 1. The number of fused-ring (bicyclic) bond motifs is 2. The van der Waals surface area contributed by atoms with Crippen molar-refractivity contribution in [3.63, 3.8) is 0 Å². The smallest absolute Gasteiger partial charge is 0.143 e. The van der Waals surface area contributed by atoms with Crippen LogP contribution in [0.1, 0.15) is 30.1 Å². The van der Waals surface area contributed by atoms with E-state index in [1.165, 1.54) is 0 Å². The molecule has 1 saturated heterocycles. The summed E-state index contributed by atoms with van der Waals surface area (Å²) in [4.78, 5) is 19.2. The Hall–Kier alpha value is -2.67. The molecule has 152 valence electrons. The lowest BCUT2D eigenvalue weighted by molar-refractivity contribution is -0.0236. The minimum Gasteiger partial charge on any atom is -0.486 e. The Morgan fingerprint density at radius 3 is 2.62 bits per heavy atom. The topological polar surface area (TPSA) is 87.2 Å². The average Bonchev–Trinajstić information content (AvgIpc) is 3.29. The van der Waals surface area contributed by atoms with Crippen molar-refractivity contribution < 1.29 is 9.84 Å². The maximum absolute atomic E-state index is 10.8. The second kappa shape index (κ2) is 6.99. The second-order valence-corrected chi connectivity index (χ2v) is 8.49. The summed E-state index contributed by atoms with van der Waals surface area (Å²) in [6.45, 7) is 7.70. The van der Waals surface area contributed by atoms with Crippen molar-refractivity contribution >= 4 is 16.9 Å². The molecule has 0 bridgehead atoms. The summed E-state index contributed by atoms with van der Waals surface area (Å²) < 4.78 is 6.22. The number of aromatic nitrogens is 4. The van der Waals surface area contributed by atoms with Gasteiger partial charge in [0.1, 0.15) is 29.1 Å². The van der Waals surface area contributed by atoms with E-state index in [4.69, 9.17) is 9.72 Å². The number of aliphatic hydroxyl groups is 1. The van der Waals surface area contributed by atoms with Crippen LogP contribution >= 0.6 is 0 Å². The minimum absolute atomic E-state index is 0.196. The van der Waals surface area contributed by atoms with E-state index >= 15 is 0 Å². The molecule has 3 aromatic rings. The fourth-order valence-corrected chi connectivity index (χ4v) is 4.93. The van der Waals surface area contributed by atoms with E-state index < -0.39 is 6.10 Å². The third-order valence-electron chi connectivity index (χ3n) is 6.35. The highest BCUT2D eigenvalue weighted by molar-refractivity contribution is 5.87. The van der Waals surface area contributed by atoms with E-state index in [9.17, 15) is 5.11 Å². The SMILES string of the molecule is Cc1ccc(O[C@@H]2C[C@@H]3CN(c4nc(C)nc5[nH]ccc45)C[C@@H]3C[C@H]2O)c(C)n1. The molecule has 29 heavy (non-hydrogen) atoms. The summed E-state index contributed by atoms with van der Waals surface area (Å²) in [5.41, 5.74) is 2.73. The van der Waals surface area contributed by atoms with Gasteiger partial charge in [-0.3, -0.25) is 4.98 Å². The highest BCUT2D eigenvalue weighted by Gasteiger charge is 2.43. The number of aromatic amines is 1. The van der Waals surface area contributed by atoms with Crippen molar-refractivity contribution in [2.45, 2.75) is 45.8 Å². The fourth-order valence-electron chi connectivity index (χ4n) is 4.93. The monoisotopic (exact) mass is 393 g/mol. The predicted molar refractivity (Wildman–Crippen MR) is 111 cm³/mol. The normalized spacial score (nSPS) is 26.7. The van der Waals surface area contributed by atoms with Gasteiger partial charge in [0.15, 0.2) is 0 Å². The fraction of sp³-hybridized carbons (Fsp3) is 0.500. The van der Waals surface area contributed by atoms with Gasteiger partial charge in [0.2, 0.25) is 0 Å².